The van der Waals surface area contributed by atoms with Crippen molar-refractivity contribution in [1.82, 2.24) is 10.6 Å². The molecule has 0 aromatic heterocycles. The minimum Gasteiger partial charge on any atom is -0.387 e. The van der Waals surface area contributed by atoms with E-state index in [0.717, 1.165) is 5.56 Å². The van der Waals surface area contributed by atoms with Gasteiger partial charge in [-0.1, -0.05) is 35.9 Å². The first-order valence-corrected chi connectivity index (χ1v) is 7.62. The highest BCUT2D eigenvalue weighted by atomic mass is 35.5. The highest BCUT2D eigenvalue weighted by Gasteiger charge is 2.09. The van der Waals surface area contributed by atoms with Gasteiger partial charge < -0.3 is 15.7 Å². The zero-order chi connectivity index (χ0) is 16.7. The second-order valence-corrected chi connectivity index (χ2v) is 5.52. The van der Waals surface area contributed by atoms with Crippen molar-refractivity contribution in [3.8, 4) is 0 Å². The molecule has 0 saturated heterocycles. The molecule has 6 heteroatoms. The first-order valence-electron chi connectivity index (χ1n) is 7.24. The van der Waals surface area contributed by atoms with Gasteiger partial charge in [0, 0.05) is 18.1 Å². The van der Waals surface area contributed by atoms with Crippen LogP contribution in [0.3, 0.4) is 0 Å². The Balaban J connectivity index is 1.68. The summed E-state index contributed by atoms with van der Waals surface area (Å²) in [6.45, 7) is 0.526. The van der Waals surface area contributed by atoms with Gasteiger partial charge in [0.1, 0.15) is 5.82 Å². The molecule has 3 N–H and O–H groups in total. The molecule has 0 fully saturated rings. The van der Waals surface area contributed by atoms with Crippen LogP contribution in [0, 0.1) is 5.82 Å². The van der Waals surface area contributed by atoms with Gasteiger partial charge in [-0.25, -0.2) is 9.18 Å². The topological polar surface area (TPSA) is 61.4 Å². The van der Waals surface area contributed by atoms with E-state index in [4.69, 9.17) is 11.6 Å². The molecule has 1 unspecified atom stereocenters. The third-order valence-electron chi connectivity index (χ3n) is 3.32. The van der Waals surface area contributed by atoms with E-state index in [1.54, 1.807) is 12.1 Å². The lowest BCUT2D eigenvalue weighted by molar-refractivity contribution is 0.173. The van der Waals surface area contributed by atoms with Crippen molar-refractivity contribution in [2.45, 2.75) is 12.5 Å². The molecule has 122 valence electrons. The van der Waals surface area contributed by atoms with Crippen molar-refractivity contribution < 1.29 is 14.3 Å². The normalized spacial score (nSPS) is 11.8. The molecule has 0 aliphatic heterocycles. The third-order valence-corrected chi connectivity index (χ3v) is 3.58. The van der Waals surface area contributed by atoms with Gasteiger partial charge in [0.25, 0.3) is 0 Å². The van der Waals surface area contributed by atoms with E-state index in [1.165, 1.54) is 24.3 Å². The summed E-state index contributed by atoms with van der Waals surface area (Å²) >= 11 is 5.80. The molecular weight excluding hydrogens is 319 g/mol. The lowest BCUT2D eigenvalue weighted by atomic mass is 10.1. The molecule has 0 aliphatic rings. The van der Waals surface area contributed by atoms with Crippen LogP contribution in [0.4, 0.5) is 9.18 Å². The van der Waals surface area contributed by atoms with Crippen LogP contribution in [0.1, 0.15) is 17.2 Å². The van der Waals surface area contributed by atoms with Crippen LogP contribution in [-0.2, 0) is 6.42 Å². The molecule has 2 rings (SSSR count). The van der Waals surface area contributed by atoms with E-state index < -0.39 is 6.10 Å². The molecule has 23 heavy (non-hydrogen) atoms. The number of carbonyl (C=O) groups excluding carboxylic acids is 1. The van der Waals surface area contributed by atoms with Crippen molar-refractivity contribution in [2.24, 2.45) is 0 Å². The fraction of sp³-hybridized carbons (Fsp3) is 0.235. The summed E-state index contributed by atoms with van der Waals surface area (Å²) in [4.78, 5) is 11.7. The van der Waals surface area contributed by atoms with Gasteiger partial charge >= 0.3 is 6.03 Å². The summed E-state index contributed by atoms with van der Waals surface area (Å²) in [7, 11) is 0. The Morgan fingerprint density at radius 1 is 1.09 bits per heavy atom. The molecule has 2 aromatic rings. The molecule has 0 bridgehead atoms. The number of hydrogen-bond acceptors (Lipinski definition) is 2. The summed E-state index contributed by atoms with van der Waals surface area (Å²) in [6, 6.07) is 12.6. The first kappa shape index (κ1) is 17.2. The first-order chi connectivity index (χ1) is 11.0. The number of hydrogen-bond donors (Lipinski definition) is 3. The monoisotopic (exact) mass is 336 g/mol. The van der Waals surface area contributed by atoms with E-state index in [-0.39, 0.29) is 18.4 Å². The number of aliphatic hydroxyl groups excluding tert-OH is 1. The number of nitrogens with one attached hydrogen (secondary N) is 2. The number of carbonyl (C=O) groups is 1. The SMILES string of the molecule is O=C(NCCc1ccc(Cl)cc1)NCC(O)c1ccc(F)cc1. The van der Waals surface area contributed by atoms with E-state index in [0.29, 0.717) is 23.6 Å². The highest BCUT2D eigenvalue weighted by Crippen LogP contribution is 2.12. The molecule has 0 spiro atoms. The van der Waals surface area contributed by atoms with Gasteiger partial charge in [-0.05, 0) is 41.8 Å². The zero-order valence-corrected chi connectivity index (χ0v) is 13.2. The van der Waals surface area contributed by atoms with Gasteiger partial charge in [-0.15, -0.1) is 0 Å². The van der Waals surface area contributed by atoms with Gasteiger partial charge in [-0.3, -0.25) is 0 Å². The van der Waals surface area contributed by atoms with Crippen LogP contribution in [0.5, 0.6) is 0 Å². The van der Waals surface area contributed by atoms with Gasteiger partial charge in [0.05, 0.1) is 6.10 Å². The number of amides is 2. The Kier molecular flexibility index (Phi) is 6.38. The van der Waals surface area contributed by atoms with Crippen LogP contribution in [0.15, 0.2) is 48.5 Å². The Morgan fingerprint density at radius 2 is 1.74 bits per heavy atom. The second kappa shape index (κ2) is 8.50. The van der Waals surface area contributed by atoms with Gasteiger partial charge in [-0.2, -0.15) is 0 Å². The number of urea groups is 1. The molecule has 1 atom stereocenters. The Labute approximate surface area is 139 Å². The predicted octanol–water partition coefficient (Wildman–Crippen LogP) is 3.05. The Morgan fingerprint density at radius 3 is 2.39 bits per heavy atom. The zero-order valence-electron chi connectivity index (χ0n) is 12.4. The second-order valence-electron chi connectivity index (χ2n) is 5.08. The number of rotatable bonds is 6. The molecule has 2 aromatic carbocycles. The molecule has 4 nitrogen and oxygen atoms in total. The Hall–Kier alpha value is -2.11. The highest BCUT2D eigenvalue weighted by molar-refractivity contribution is 6.30. The van der Waals surface area contributed by atoms with Crippen LogP contribution >= 0.6 is 11.6 Å². The maximum Gasteiger partial charge on any atom is 0.314 e. The van der Waals surface area contributed by atoms with Crippen molar-refractivity contribution in [3.63, 3.8) is 0 Å². The number of aliphatic hydroxyl groups is 1. The van der Waals surface area contributed by atoms with E-state index in [2.05, 4.69) is 10.6 Å². The van der Waals surface area contributed by atoms with Crippen molar-refractivity contribution in [1.29, 1.82) is 0 Å². The third kappa shape index (κ3) is 5.88. The molecular formula is C17H18ClFN2O2. The van der Waals surface area contributed by atoms with Crippen LogP contribution in [-0.4, -0.2) is 24.2 Å². The van der Waals surface area contributed by atoms with E-state index >= 15 is 0 Å². The van der Waals surface area contributed by atoms with Gasteiger partial charge in [0.2, 0.25) is 0 Å². The maximum atomic E-state index is 12.8. The standard InChI is InChI=1S/C17H18ClFN2O2/c18-14-5-1-12(2-6-14)9-10-20-17(23)21-11-16(22)13-3-7-15(19)8-4-13/h1-8,16,22H,9-11H2,(H2,20,21,23). The summed E-state index contributed by atoms with van der Waals surface area (Å²) in [6.07, 6.45) is -0.192. The summed E-state index contributed by atoms with van der Waals surface area (Å²) in [5, 5.41) is 15.9. The fourth-order valence-corrected chi connectivity index (χ4v) is 2.15. The summed E-state index contributed by atoms with van der Waals surface area (Å²) in [5.41, 5.74) is 1.62. The van der Waals surface area contributed by atoms with Crippen molar-refractivity contribution in [2.75, 3.05) is 13.1 Å². The van der Waals surface area contributed by atoms with E-state index in [1.807, 2.05) is 12.1 Å². The van der Waals surface area contributed by atoms with Crippen LogP contribution in [0.2, 0.25) is 5.02 Å². The number of halogens is 2. The maximum absolute atomic E-state index is 12.8. The smallest absolute Gasteiger partial charge is 0.314 e. The average molecular weight is 337 g/mol. The molecule has 2 amide bonds. The molecule has 0 heterocycles. The van der Waals surface area contributed by atoms with Gasteiger partial charge in [0.15, 0.2) is 0 Å². The Bertz CT molecular complexity index is 632. The fourth-order valence-electron chi connectivity index (χ4n) is 2.03. The van der Waals surface area contributed by atoms with Crippen LogP contribution < -0.4 is 10.6 Å². The summed E-state index contributed by atoms with van der Waals surface area (Å²) in [5.74, 6) is -0.367. The minimum atomic E-state index is -0.877. The average Bonchev–Trinajstić information content (AvgIpc) is 2.55. The van der Waals surface area contributed by atoms with E-state index in [9.17, 15) is 14.3 Å². The molecule has 0 saturated carbocycles. The summed E-state index contributed by atoms with van der Waals surface area (Å²) < 4.78 is 12.8. The van der Waals surface area contributed by atoms with Crippen molar-refractivity contribution >= 4 is 17.6 Å². The lowest BCUT2D eigenvalue weighted by Crippen LogP contribution is -2.38. The van der Waals surface area contributed by atoms with Crippen molar-refractivity contribution in [3.05, 3.63) is 70.5 Å². The van der Waals surface area contributed by atoms with Crippen LogP contribution in [0.25, 0.3) is 0 Å². The quantitative estimate of drug-likeness (QED) is 0.759. The number of benzene rings is 2. The lowest BCUT2D eigenvalue weighted by Gasteiger charge is -2.13. The largest absolute Gasteiger partial charge is 0.387 e. The molecule has 0 aliphatic carbocycles. The predicted molar refractivity (Wildman–Crippen MR) is 87.9 cm³/mol. The molecule has 0 radical (unpaired) electrons. The minimum absolute atomic E-state index is 0.0540.